The molecule has 238 valence electrons. The number of nitrogens with two attached hydrogens (primary N) is 1. The molecule has 0 aliphatic heterocycles. The van der Waals surface area contributed by atoms with Crippen molar-refractivity contribution in [3.05, 3.63) is 0 Å². The summed E-state index contributed by atoms with van der Waals surface area (Å²) in [6.07, 6.45) is 27.7. The van der Waals surface area contributed by atoms with Crippen LogP contribution < -0.4 is 11.1 Å². The predicted molar refractivity (Wildman–Crippen MR) is 172 cm³/mol. The van der Waals surface area contributed by atoms with Gasteiger partial charge in [-0.3, -0.25) is 4.79 Å². The Kier molecular flexibility index (Phi) is 25.7. The van der Waals surface area contributed by atoms with Crippen LogP contribution in [0.15, 0.2) is 0 Å². The third-order valence-corrected chi connectivity index (χ3v) is 7.60. The predicted octanol–water partition coefficient (Wildman–Crippen LogP) is 9.29. The van der Waals surface area contributed by atoms with E-state index < -0.39 is 17.7 Å². The summed E-state index contributed by atoms with van der Waals surface area (Å²) in [6.45, 7) is 11.5. The van der Waals surface area contributed by atoms with Crippen LogP contribution >= 0.6 is 0 Å². The molecule has 0 rings (SSSR count). The molecule has 0 fully saturated rings. The molecule has 40 heavy (non-hydrogen) atoms. The molecular weight excluding hydrogens is 498 g/mol. The van der Waals surface area contributed by atoms with Crippen molar-refractivity contribution in [3.8, 4) is 0 Å². The smallest absolute Gasteiger partial charge is 0.408 e. The number of unbranched alkanes of at least 4 members (excludes halogenated alkanes) is 20. The second-order valence-electron chi connectivity index (χ2n) is 12.8. The Morgan fingerprint density at radius 1 is 0.625 bits per heavy atom. The first kappa shape index (κ1) is 38.7. The van der Waals surface area contributed by atoms with Gasteiger partial charge in [-0.2, -0.15) is 0 Å². The molecule has 1 unspecified atom stereocenters. The summed E-state index contributed by atoms with van der Waals surface area (Å²) in [5.41, 5.74) is 5.31. The molecule has 0 radical (unpaired) electrons. The minimum absolute atomic E-state index is 0.0745. The van der Waals surface area contributed by atoms with Crippen LogP contribution in [0.3, 0.4) is 0 Å². The number of rotatable bonds is 27. The van der Waals surface area contributed by atoms with Crippen molar-refractivity contribution in [3.63, 3.8) is 0 Å². The highest BCUT2D eigenvalue weighted by atomic mass is 16.6. The fraction of sp³-hybridized carbons (Fsp3) is 0.941. The van der Waals surface area contributed by atoms with E-state index in [1.54, 1.807) is 0 Å². The number of alkyl carbamates (subject to hydrolysis) is 1. The first-order valence-corrected chi connectivity index (χ1v) is 17.2. The maximum absolute atomic E-state index is 13.4. The number of carbonyl (C=O) groups is 2. The van der Waals surface area contributed by atoms with Crippen LogP contribution in [0.2, 0.25) is 0 Å². The van der Waals surface area contributed by atoms with Gasteiger partial charge in [0.1, 0.15) is 11.6 Å². The zero-order valence-corrected chi connectivity index (χ0v) is 27.5. The number of carbonyl (C=O) groups excluding carboxylic acids is 2. The molecule has 0 aliphatic rings. The minimum atomic E-state index is -0.740. The molecule has 0 aromatic rings. The standard InChI is InChI=1S/C34H69N3O3/c1-6-8-10-12-14-16-18-19-21-23-25-27-29-37(28-26-24-22-20-17-15-13-11-9-7-2)32(38)31(30-35)36-33(39)40-34(3,4)5/h31H,6-30,35H2,1-5H3,(H,36,39). The van der Waals surface area contributed by atoms with Gasteiger partial charge < -0.3 is 20.7 Å². The Bertz CT molecular complexity index is 591. The third-order valence-electron chi connectivity index (χ3n) is 7.60. The first-order valence-electron chi connectivity index (χ1n) is 17.2. The summed E-state index contributed by atoms with van der Waals surface area (Å²) >= 11 is 0. The molecule has 0 saturated carbocycles. The van der Waals surface area contributed by atoms with Gasteiger partial charge >= 0.3 is 6.09 Å². The van der Waals surface area contributed by atoms with Gasteiger partial charge in [0, 0.05) is 19.6 Å². The monoisotopic (exact) mass is 568 g/mol. The van der Waals surface area contributed by atoms with Crippen molar-refractivity contribution in [1.29, 1.82) is 0 Å². The van der Waals surface area contributed by atoms with Gasteiger partial charge in [-0.25, -0.2) is 4.79 Å². The van der Waals surface area contributed by atoms with E-state index in [0.29, 0.717) is 0 Å². The normalized spacial score (nSPS) is 12.3. The maximum atomic E-state index is 13.4. The average molecular weight is 568 g/mol. The van der Waals surface area contributed by atoms with Crippen LogP contribution in [-0.2, 0) is 9.53 Å². The Hall–Kier alpha value is -1.30. The zero-order chi connectivity index (χ0) is 29.9. The molecule has 0 aromatic carbocycles. The van der Waals surface area contributed by atoms with E-state index in [-0.39, 0.29) is 12.5 Å². The van der Waals surface area contributed by atoms with Crippen molar-refractivity contribution in [2.24, 2.45) is 5.73 Å². The van der Waals surface area contributed by atoms with E-state index >= 15 is 0 Å². The highest BCUT2D eigenvalue weighted by Gasteiger charge is 2.26. The van der Waals surface area contributed by atoms with E-state index in [1.165, 1.54) is 116 Å². The van der Waals surface area contributed by atoms with E-state index in [4.69, 9.17) is 10.5 Å². The first-order chi connectivity index (χ1) is 19.2. The van der Waals surface area contributed by atoms with Crippen LogP contribution in [0, 0.1) is 0 Å². The molecule has 6 nitrogen and oxygen atoms in total. The summed E-state index contributed by atoms with van der Waals surface area (Å²) in [4.78, 5) is 27.6. The van der Waals surface area contributed by atoms with Crippen molar-refractivity contribution < 1.29 is 14.3 Å². The third kappa shape index (κ3) is 24.5. The maximum Gasteiger partial charge on any atom is 0.408 e. The van der Waals surface area contributed by atoms with Crippen molar-refractivity contribution >= 4 is 12.0 Å². The number of ether oxygens (including phenoxy) is 1. The van der Waals surface area contributed by atoms with Gasteiger partial charge in [0.25, 0.3) is 0 Å². The van der Waals surface area contributed by atoms with E-state index in [1.807, 2.05) is 25.7 Å². The number of amides is 2. The summed E-state index contributed by atoms with van der Waals surface area (Å²) in [5.74, 6) is -0.0765. The van der Waals surface area contributed by atoms with Crippen molar-refractivity contribution in [2.75, 3.05) is 19.6 Å². The Morgan fingerprint density at radius 3 is 1.25 bits per heavy atom. The number of hydrogen-bond acceptors (Lipinski definition) is 4. The quantitative estimate of drug-likeness (QED) is 0.0969. The lowest BCUT2D eigenvalue weighted by Gasteiger charge is -2.28. The molecular formula is C34H69N3O3. The van der Waals surface area contributed by atoms with Gasteiger partial charge in [0.05, 0.1) is 0 Å². The Morgan fingerprint density at radius 2 is 0.950 bits per heavy atom. The highest BCUT2D eigenvalue weighted by Crippen LogP contribution is 2.14. The molecule has 2 amide bonds. The van der Waals surface area contributed by atoms with Crippen LogP contribution in [0.1, 0.15) is 176 Å². The Balaban J connectivity index is 4.48. The lowest BCUT2D eigenvalue weighted by atomic mass is 10.0. The van der Waals surface area contributed by atoms with Crippen LogP contribution in [0.25, 0.3) is 0 Å². The second-order valence-corrected chi connectivity index (χ2v) is 12.8. The lowest BCUT2D eigenvalue weighted by Crippen LogP contribution is -2.53. The van der Waals surface area contributed by atoms with E-state index in [2.05, 4.69) is 19.2 Å². The number of nitrogens with one attached hydrogen (secondary N) is 1. The molecule has 3 N–H and O–H groups in total. The second kappa shape index (κ2) is 26.6. The van der Waals surface area contributed by atoms with Gasteiger partial charge in [0.2, 0.25) is 5.91 Å². The highest BCUT2D eigenvalue weighted by molar-refractivity contribution is 5.86. The van der Waals surface area contributed by atoms with Crippen LogP contribution in [-0.4, -0.2) is 48.2 Å². The molecule has 0 aliphatic carbocycles. The molecule has 1 atom stereocenters. The molecule has 0 saturated heterocycles. The molecule has 6 heteroatoms. The fourth-order valence-corrected chi connectivity index (χ4v) is 5.16. The van der Waals surface area contributed by atoms with Crippen molar-refractivity contribution in [1.82, 2.24) is 10.2 Å². The van der Waals surface area contributed by atoms with E-state index in [0.717, 1.165) is 38.8 Å². The van der Waals surface area contributed by atoms with E-state index in [9.17, 15) is 9.59 Å². The molecule has 0 bridgehead atoms. The largest absolute Gasteiger partial charge is 0.444 e. The SMILES string of the molecule is CCCCCCCCCCCCCCN(CCCCCCCCCCCC)C(=O)C(CN)NC(=O)OC(C)(C)C. The summed E-state index contributed by atoms with van der Waals surface area (Å²) < 4.78 is 5.37. The fourth-order valence-electron chi connectivity index (χ4n) is 5.16. The van der Waals surface area contributed by atoms with Crippen molar-refractivity contribution in [2.45, 2.75) is 188 Å². The van der Waals surface area contributed by atoms with Gasteiger partial charge in [-0.15, -0.1) is 0 Å². The van der Waals surface area contributed by atoms with Gasteiger partial charge in [0.15, 0.2) is 0 Å². The van der Waals surface area contributed by atoms with Gasteiger partial charge in [-0.1, -0.05) is 142 Å². The number of nitrogens with zero attached hydrogens (tertiary/aromatic N) is 1. The van der Waals surface area contributed by atoms with Gasteiger partial charge in [-0.05, 0) is 33.6 Å². The lowest BCUT2D eigenvalue weighted by molar-refractivity contribution is -0.133. The summed E-state index contributed by atoms with van der Waals surface area (Å²) in [6, 6.07) is -0.740. The van der Waals surface area contributed by atoms with Crippen LogP contribution in [0.5, 0.6) is 0 Å². The topological polar surface area (TPSA) is 84.7 Å². The minimum Gasteiger partial charge on any atom is -0.444 e. The van der Waals surface area contributed by atoms with Crippen LogP contribution in [0.4, 0.5) is 4.79 Å². The molecule has 0 heterocycles. The zero-order valence-electron chi connectivity index (χ0n) is 27.5. The Labute approximate surface area is 249 Å². The molecule has 0 aromatic heterocycles. The molecule has 0 spiro atoms. The number of hydrogen-bond donors (Lipinski definition) is 2. The average Bonchev–Trinajstić information content (AvgIpc) is 2.90. The summed E-state index contributed by atoms with van der Waals surface area (Å²) in [5, 5.41) is 2.71. The summed E-state index contributed by atoms with van der Waals surface area (Å²) in [7, 11) is 0.